The van der Waals surface area contributed by atoms with Crippen molar-refractivity contribution in [3.05, 3.63) is 29.8 Å². The zero-order valence-electron chi connectivity index (χ0n) is 15.6. The molecule has 142 valence electrons. The Morgan fingerprint density at radius 1 is 1.24 bits per heavy atom. The summed E-state index contributed by atoms with van der Waals surface area (Å²) >= 11 is 5.96. The number of carbonyl (C=O) groups is 1. The highest BCUT2D eigenvalue weighted by molar-refractivity contribution is 7.87. The Hall–Kier alpha value is -1.27. The highest BCUT2D eigenvalue weighted by Gasteiger charge is 2.33. The van der Waals surface area contributed by atoms with Crippen LogP contribution < -0.4 is 4.18 Å². The lowest BCUT2D eigenvalue weighted by molar-refractivity contribution is -0.142. The highest BCUT2D eigenvalue weighted by Crippen LogP contribution is 2.25. The van der Waals surface area contributed by atoms with E-state index < -0.39 is 15.5 Å². The van der Waals surface area contributed by atoms with Crippen LogP contribution in [0.3, 0.4) is 0 Å². The van der Waals surface area contributed by atoms with Crippen LogP contribution in [0.15, 0.2) is 24.3 Å². The Morgan fingerprint density at radius 2 is 1.80 bits per heavy atom. The molecule has 0 saturated heterocycles. The molecule has 0 spiro atoms. The molecule has 0 saturated carbocycles. The van der Waals surface area contributed by atoms with E-state index in [1.807, 2.05) is 32.6 Å². The summed E-state index contributed by atoms with van der Waals surface area (Å²) in [7, 11) is -3.54. The fourth-order valence-electron chi connectivity index (χ4n) is 2.15. The van der Waals surface area contributed by atoms with E-state index >= 15 is 0 Å². The van der Waals surface area contributed by atoms with Gasteiger partial charge in [-0.2, -0.15) is 8.42 Å². The number of halogens is 1. The van der Waals surface area contributed by atoms with Crippen molar-refractivity contribution >= 4 is 27.6 Å². The van der Waals surface area contributed by atoms with E-state index in [9.17, 15) is 13.2 Å². The maximum absolute atomic E-state index is 12.8. The molecule has 1 amide bonds. The fraction of sp³-hybridized carbons (Fsp3) is 0.611. The lowest BCUT2D eigenvalue weighted by atomic mass is 9.93. The van der Waals surface area contributed by atoms with Gasteiger partial charge in [-0.15, -0.1) is 11.6 Å². The van der Waals surface area contributed by atoms with Gasteiger partial charge in [-0.1, -0.05) is 19.1 Å². The summed E-state index contributed by atoms with van der Waals surface area (Å²) < 4.78 is 28.0. The molecule has 1 atom stereocenters. The first-order chi connectivity index (χ1) is 11.6. The third-order valence-electron chi connectivity index (χ3n) is 4.15. The standard InChI is InChI=1S/C18H28ClNO4S/c1-6-14(3)20(17(21)18(4,5)13-19)12-15-8-10-16(11-9-15)24-25(22,23)7-2/h8-11,14H,6-7,12-13H2,1-5H3. The first-order valence-electron chi connectivity index (χ1n) is 8.44. The first-order valence-corrected chi connectivity index (χ1v) is 10.6. The van der Waals surface area contributed by atoms with E-state index in [0.29, 0.717) is 6.54 Å². The van der Waals surface area contributed by atoms with Crippen LogP contribution in [0.25, 0.3) is 0 Å². The predicted molar refractivity (Wildman–Crippen MR) is 101 cm³/mol. The Labute approximate surface area is 156 Å². The van der Waals surface area contributed by atoms with Crippen molar-refractivity contribution in [2.75, 3.05) is 11.6 Å². The summed E-state index contributed by atoms with van der Waals surface area (Å²) in [5.41, 5.74) is 0.267. The van der Waals surface area contributed by atoms with Crippen molar-refractivity contribution in [2.45, 2.75) is 53.6 Å². The Morgan fingerprint density at radius 3 is 2.24 bits per heavy atom. The molecular formula is C18H28ClNO4S. The normalized spacial score (nSPS) is 13.4. The molecule has 0 aliphatic carbocycles. The SMILES string of the molecule is CCC(C)N(Cc1ccc(OS(=O)(=O)CC)cc1)C(=O)C(C)(C)CCl. The number of hydrogen-bond acceptors (Lipinski definition) is 4. The van der Waals surface area contributed by atoms with Gasteiger partial charge in [0.05, 0.1) is 11.2 Å². The fourth-order valence-corrected chi connectivity index (χ4v) is 2.78. The number of rotatable bonds is 9. The van der Waals surface area contributed by atoms with E-state index in [1.54, 1.807) is 24.3 Å². The van der Waals surface area contributed by atoms with Crippen LogP contribution in [-0.4, -0.2) is 36.9 Å². The van der Waals surface area contributed by atoms with Gasteiger partial charge in [0.25, 0.3) is 0 Å². The molecular weight excluding hydrogens is 362 g/mol. The summed E-state index contributed by atoms with van der Waals surface area (Å²) in [5, 5.41) is 0. The number of amides is 1. The quantitative estimate of drug-likeness (QED) is 0.476. The van der Waals surface area contributed by atoms with Gasteiger partial charge >= 0.3 is 10.1 Å². The molecule has 5 nitrogen and oxygen atoms in total. The molecule has 0 N–H and O–H groups in total. The van der Waals surface area contributed by atoms with Crippen LogP contribution in [0.5, 0.6) is 5.75 Å². The molecule has 0 bridgehead atoms. The lowest BCUT2D eigenvalue weighted by Crippen LogP contribution is -2.45. The Kier molecular flexibility index (Phi) is 7.75. The van der Waals surface area contributed by atoms with E-state index in [1.165, 1.54) is 6.92 Å². The number of alkyl halides is 1. The molecule has 0 heterocycles. The van der Waals surface area contributed by atoms with Crippen LogP contribution in [0.2, 0.25) is 0 Å². The van der Waals surface area contributed by atoms with Gasteiger partial charge in [-0.3, -0.25) is 4.79 Å². The smallest absolute Gasteiger partial charge is 0.308 e. The average molecular weight is 390 g/mol. The molecule has 1 rings (SSSR count). The van der Waals surface area contributed by atoms with Gasteiger partial charge in [0.2, 0.25) is 5.91 Å². The van der Waals surface area contributed by atoms with Crippen molar-refractivity contribution < 1.29 is 17.4 Å². The van der Waals surface area contributed by atoms with Crippen LogP contribution in [-0.2, 0) is 21.5 Å². The molecule has 1 aromatic rings. The number of hydrogen-bond donors (Lipinski definition) is 0. The van der Waals surface area contributed by atoms with Crippen molar-refractivity contribution in [2.24, 2.45) is 5.41 Å². The second-order valence-corrected chi connectivity index (χ2v) is 8.91. The van der Waals surface area contributed by atoms with E-state index in [0.717, 1.165) is 12.0 Å². The van der Waals surface area contributed by atoms with Crippen molar-refractivity contribution in [1.29, 1.82) is 0 Å². The monoisotopic (exact) mass is 389 g/mol. The summed E-state index contributed by atoms with van der Waals surface area (Å²) in [5.74, 6) is 0.442. The molecule has 1 unspecified atom stereocenters. The Balaban J connectivity index is 2.97. The minimum atomic E-state index is -3.54. The topological polar surface area (TPSA) is 63.7 Å². The number of benzene rings is 1. The predicted octanol–water partition coefficient (Wildman–Crippen LogP) is 3.81. The van der Waals surface area contributed by atoms with Crippen molar-refractivity contribution in [3.8, 4) is 5.75 Å². The molecule has 0 aliphatic rings. The summed E-state index contributed by atoms with van der Waals surface area (Å²) in [6, 6.07) is 6.84. The second kappa shape index (κ2) is 8.90. The van der Waals surface area contributed by atoms with Crippen LogP contribution in [0.1, 0.15) is 46.6 Å². The van der Waals surface area contributed by atoms with E-state index in [4.69, 9.17) is 15.8 Å². The summed E-state index contributed by atoms with van der Waals surface area (Å²) in [6.07, 6.45) is 0.833. The van der Waals surface area contributed by atoms with Crippen LogP contribution in [0, 0.1) is 5.41 Å². The van der Waals surface area contributed by atoms with Crippen molar-refractivity contribution in [3.63, 3.8) is 0 Å². The van der Waals surface area contributed by atoms with Gasteiger partial charge in [0, 0.05) is 18.5 Å². The van der Waals surface area contributed by atoms with Crippen LogP contribution >= 0.6 is 11.6 Å². The van der Waals surface area contributed by atoms with E-state index in [-0.39, 0.29) is 29.3 Å². The van der Waals surface area contributed by atoms with Crippen molar-refractivity contribution in [1.82, 2.24) is 4.90 Å². The van der Waals surface area contributed by atoms with Gasteiger partial charge in [-0.25, -0.2) is 0 Å². The lowest BCUT2D eigenvalue weighted by Gasteiger charge is -2.35. The molecule has 0 aliphatic heterocycles. The highest BCUT2D eigenvalue weighted by atomic mass is 35.5. The summed E-state index contributed by atoms with van der Waals surface area (Å²) in [6.45, 7) is 9.68. The maximum Gasteiger partial charge on any atom is 0.308 e. The van der Waals surface area contributed by atoms with E-state index in [2.05, 4.69) is 0 Å². The minimum absolute atomic E-state index is 0.00531. The molecule has 1 aromatic carbocycles. The molecule has 0 aromatic heterocycles. The zero-order valence-corrected chi connectivity index (χ0v) is 17.2. The third kappa shape index (κ3) is 6.19. The molecule has 7 heteroatoms. The van der Waals surface area contributed by atoms with Gasteiger partial charge < -0.3 is 9.08 Å². The second-order valence-electron chi connectivity index (χ2n) is 6.78. The largest absolute Gasteiger partial charge is 0.382 e. The third-order valence-corrected chi connectivity index (χ3v) is 5.97. The van der Waals surface area contributed by atoms with Gasteiger partial charge in [0.1, 0.15) is 5.75 Å². The number of carbonyl (C=O) groups excluding carboxylic acids is 1. The molecule has 0 fully saturated rings. The van der Waals surface area contributed by atoms with Gasteiger partial charge in [0.15, 0.2) is 0 Å². The molecule has 0 radical (unpaired) electrons. The minimum Gasteiger partial charge on any atom is -0.382 e. The summed E-state index contributed by atoms with van der Waals surface area (Å²) in [4.78, 5) is 14.7. The zero-order chi connectivity index (χ0) is 19.3. The number of nitrogens with zero attached hydrogens (tertiary/aromatic N) is 1. The van der Waals surface area contributed by atoms with Crippen LogP contribution in [0.4, 0.5) is 0 Å². The maximum atomic E-state index is 12.8. The first kappa shape index (κ1) is 21.8. The molecule has 25 heavy (non-hydrogen) atoms. The Bertz CT molecular complexity index is 671. The average Bonchev–Trinajstić information content (AvgIpc) is 2.59. The van der Waals surface area contributed by atoms with Gasteiger partial charge in [-0.05, 0) is 51.8 Å².